The van der Waals surface area contributed by atoms with Crippen molar-refractivity contribution >= 4 is 22.2 Å². The molecule has 0 aliphatic heterocycles. The number of amides is 2. The number of ether oxygens (including phenoxy) is 2. The number of benzene rings is 1. The van der Waals surface area contributed by atoms with Crippen LogP contribution in [0.4, 0.5) is 32.4 Å². The van der Waals surface area contributed by atoms with E-state index >= 15 is 0 Å². The third-order valence-electron chi connectivity index (χ3n) is 3.54. The van der Waals surface area contributed by atoms with Gasteiger partial charge in [0.05, 0.1) is 12.2 Å². The van der Waals surface area contributed by atoms with E-state index in [0.717, 1.165) is 0 Å². The van der Waals surface area contributed by atoms with Crippen LogP contribution in [0.5, 0.6) is 0 Å². The molecule has 0 saturated heterocycles. The lowest BCUT2D eigenvalue weighted by Crippen LogP contribution is -2.43. The molecule has 0 spiro atoms. The SMILES string of the molecule is CC(C)OC(CCCNC(=O)Nc1c(F)c(F)c(F)c(F)c1F)(O[SiH3])OC(C)C. The number of halogens is 5. The third-order valence-corrected chi connectivity index (χ3v) is 4.16. The van der Waals surface area contributed by atoms with Crippen LogP contribution in [0.2, 0.25) is 0 Å². The molecule has 1 rings (SSSR count). The van der Waals surface area contributed by atoms with Gasteiger partial charge in [-0.25, -0.2) is 26.7 Å². The molecule has 0 fully saturated rings. The van der Waals surface area contributed by atoms with Gasteiger partial charge < -0.3 is 24.5 Å². The molecule has 1 aromatic rings. The zero-order valence-electron chi connectivity index (χ0n) is 16.8. The van der Waals surface area contributed by atoms with Crippen LogP contribution in [0.25, 0.3) is 0 Å². The molecule has 29 heavy (non-hydrogen) atoms. The topological polar surface area (TPSA) is 68.8 Å². The van der Waals surface area contributed by atoms with Crippen LogP contribution in [0.15, 0.2) is 0 Å². The molecular weight excluding hydrogens is 419 g/mol. The highest BCUT2D eigenvalue weighted by molar-refractivity contribution is 5.98. The van der Waals surface area contributed by atoms with Crippen LogP contribution in [0, 0.1) is 29.1 Å². The lowest BCUT2D eigenvalue weighted by molar-refractivity contribution is -0.369. The summed E-state index contributed by atoms with van der Waals surface area (Å²) in [7, 11) is 0.316. The second-order valence-corrected chi connectivity index (χ2v) is 7.06. The van der Waals surface area contributed by atoms with Crippen molar-refractivity contribution in [3.8, 4) is 0 Å². The van der Waals surface area contributed by atoms with Crippen molar-refractivity contribution < 1.29 is 40.6 Å². The molecule has 0 unspecified atom stereocenters. The molecule has 0 aromatic heterocycles. The Bertz CT molecular complexity index is 683. The second-order valence-electron chi connectivity index (χ2n) is 6.65. The summed E-state index contributed by atoms with van der Waals surface area (Å²) in [5.41, 5.74) is -1.43. The van der Waals surface area contributed by atoms with Crippen molar-refractivity contribution in [2.75, 3.05) is 11.9 Å². The Balaban J connectivity index is 2.70. The Morgan fingerprint density at radius 3 is 1.79 bits per heavy atom. The minimum absolute atomic E-state index is 0.00317. The average Bonchev–Trinajstić information content (AvgIpc) is 2.64. The highest BCUT2D eigenvalue weighted by Crippen LogP contribution is 2.27. The number of urea groups is 1. The molecule has 0 atom stereocenters. The minimum Gasteiger partial charge on any atom is -0.380 e. The first kappa shape index (κ1) is 25.3. The Labute approximate surface area is 168 Å². The van der Waals surface area contributed by atoms with E-state index in [-0.39, 0.29) is 31.6 Å². The predicted molar refractivity (Wildman–Crippen MR) is 98.7 cm³/mol. The third kappa shape index (κ3) is 6.91. The molecule has 12 heteroatoms. The molecule has 0 aliphatic rings. The fourth-order valence-electron chi connectivity index (χ4n) is 2.44. The lowest BCUT2D eigenvalue weighted by Gasteiger charge is -2.35. The normalized spacial score (nSPS) is 12.1. The fourth-order valence-corrected chi connectivity index (χ4v) is 2.84. The molecule has 166 valence electrons. The first-order valence-electron chi connectivity index (χ1n) is 8.91. The number of anilines is 1. The van der Waals surface area contributed by atoms with E-state index in [2.05, 4.69) is 5.32 Å². The fraction of sp³-hybridized carbons (Fsp3) is 0.588. The van der Waals surface area contributed by atoms with E-state index in [1.165, 1.54) is 0 Å². The van der Waals surface area contributed by atoms with Crippen molar-refractivity contribution in [1.29, 1.82) is 0 Å². The Morgan fingerprint density at radius 2 is 1.38 bits per heavy atom. The first-order valence-corrected chi connectivity index (χ1v) is 9.72. The highest BCUT2D eigenvalue weighted by Gasteiger charge is 2.33. The minimum atomic E-state index is -2.30. The van der Waals surface area contributed by atoms with Gasteiger partial charge in [-0.05, 0) is 34.1 Å². The molecular formula is C17H25F5N2O4Si. The molecule has 0 bridgehead atoms. The summed E-state index contributed by atoms with van der Waals surface area (Å²) in [5.74, 6) is -12.2. The molecule has 0 heterocycles. The molecule has 2 amide bonds. The van der Waals surface area contributed by atoms with E-state index in [1.807, 2.05) is 0 Å². The summed E-state index contributed by atoms with van der Waals surface area (Å²) in [5, 5.41) is 3.89. The summed E-state index contributed by atoms with van der Waals surface area (Å²) in [6.07, 6.45) is 0.114. The van der Waals surface area contributed by atoms with E-state index in [0.29, 0.717) is 10.5 Å². The number of hydrogen-bond donors (Lipinski definition) is 2. The number of rotatable bonds is 10. The van der Waals surface area contributed by atoms with E-state index < -0.39 is 46.8 Å². The summed E-state index contributed by atoms with van der Waals surface area (Å²) in [4.78, 5) is 11.8. The summed E-state index contributed by atoms with van der Waals surface area (Å²) < 4.78 is 83.4. The van der Waals surface area contributed by atoms with E-state index in [9.17, 15) is 26.7 Å². The molecule has 1 aromatic carbocycles. The van der Waals surface area contributed by atoms with Gasteiger partial charge in [-0.1, -0.05) is 0 Å². The van der Waals surface area contributed by atoms with Crippen molar-refractivity contribution in [1.82, 2.24) is 5.32 Å². The predicted octanol–water partition coefficient (Wildman–Crippen LogP) is 3.08. The Morgan fingerprint density at radius 1 is 0.931 bits per heavy atom. The van der Waals surface area contributed by atoms with Gasteiger partial charge >= 0.3 is 6.03 Å². The van der Waals surface area contributed by atoms with Gasteiger partial charge in [-0.2, -0.15) is 0 Å². The highest BCUT2D eigenvalue weighted by atomic mass is 28.2. The van der Waals surface area contributed by atoms with Gasteiger partial charge in [0.25, 0.3) is 5.97 Å². The Hall–Kier alpha value is -1.76. The smallest absolute Gasteiger partial charge is 0.319 e. The molecule has 0 radical (unpaired) electrons. The van der Waals surface area contributed by atoms with Crippen LogP contribution < -0.4 is 10.6 Å². The lowest BCUT2D eigenvalue weighted by atomic mass is 10.2. The maximum atomic E-state index is 13.6. The number of nitrogens with one attached hydrogen (secondary N) is 2. The van der Waals surface area contributed by atoms with Gasteiger partial charge in [0.2, 0.25) is 5.82 Å². The molecule has 0 saturated carbocycles. The van der Waals surface area contributed by atoms with Crippen LogP contribution >= 0.6 is 0 Å². The number of hydrogen-bond acceptors (Lipinski definition) is 4. The summed E-state index contributed by atoms with van der Waals surface area (Å²) in [6.45, 7) is 7.20. The maximum absolute atomic E-state index is 13.6. The average molecular weight is 444 g/mol. The second kappa shape index (κ2) is 10.9. The largest absolute Gasteiger partial charge is 0.380 e. The van der Waals surface area contributed by atoms with Crippen molar-refractivity contribution in [2.45, 2.75) is 58.7 Å². The molecule has 2 N–H and O–H groups in total. The standard InChI is InChI=1S/C17H25F5N2O4Si/c1-8(2)26-17(28-29,27-9(3)4)6-5-7-23-16(25)24-15-13(21)11(19)10(18)12(20)14(15)22/h8-9H,5-7H2,1-4,29H3,(H2,23,24,25). The van der Waals surface area contributed by atoms with Gasteiger partial charge in [0, 0.05) is 13.0 Å². The van der Waals surface area contributed by atoms with Crippen molar-refractivity contribution in [3.63, 3.8) is 0 Å². The summed E-state index contributed by atoms with van der Waals surface area (Å²) >= 11 is 0. The summed E-state index contributed by atoms with van der Waals surface area (Å²) in [6, 6.07) is -1.14. The van der Waals surface area contributed by atoms with Gasteiger partial charge in [0.15, 0.2) is 33.8 Å². The Kier molecular flexibility index (Phi) is 9.46. The van der Waals surface area contributed by atoms with Crippen LogP contribution in [0.3, 0.4) is 0 Å². The number of carbonyl (C=O) groups excluding carboxylic acids is 1. The van der Waals surface area contributed by atoms with Crippen molar-refractivity contribution in [2.24, 2.45) is 0 Å². The zero-order chi connectivity index (χ0) is 22.4. The van der Waals surface area contributed by atoms with Gasteiger partial charge in [-0.15, -0.1) is 0 Å². The van der Waals surface area contributed by atoms with E-state index in [4.69, 9.17) is 13.9 Å². The molecule has 6 nitrogen and oxygen atoms in total. The van der Waals surface area contributed by atoms with Crippen molar-refractivity contribution in [3.05, 3.63) is 29.1 Å². The zero-order valence-corrected chi connectivity index (χ0v) is 18.8. The van der Waals surface area contributed by atoms with Crippen LogP contribution in [-0.2, 0) is 13.9 Å². The van der Waals surface area contributed by atoms with Crippen LogP contribution in [-0.4, -0.2) is 41.2 Å². The molecule has 0 aliphatic carbocycles. The van der Waals surface area contributed by atoms with Gasteiger partial charge in [-0.3, -0.25) is 0 Å². The van der Waals surface area contributed by atoms with E-state index in [1.54, 1.807) is 33.0 Å². The van der Waals surface area contributed by atoms with Crippen LogP contribution in [0.1, 0.15) is 40.5 Å². The monoisotopic (exact) mass is 444 g/mol. The van der Waals surface area contributed by atoms with Gasteiger partial charge in [0.1, 0.15) is 5.69 Å². The number of carbonyl (C=O) groups is 1. The quantitative estimate of drug-likeness (QED) is 0.145. The first-order chi connectivity index (χ1) is 13.4. The maximum Gasteiger partial charge on any atom is 0.319 e.